The molecule has 2 aliphatic heterocycles. The number of anilines is 1. The van der Waals surface area contributed by atoms with Gasteiger partial charge in [0.1, 0.15) is 0 Å². The summed E-state index contributed by atoms with van der Waals surface area (Å²) in [4.78, 5) is 7.12. The van der Waals surface area contributed by atoms with Crippen LogP contribution in [0.5, 0.6) is 0 Å². The largest absolute Gasteiger partial charge is 0.372 e. The summed E-state index contributed by atoms with van der Waals surface area (Å²) in [5.74, 6) is 0.927. The van der Waals surface area contributed by atoms with Gasteiger partial charge in [-0.05, 0) is 25.0 Å². The lowest BCUT2D eigenvalue weighted by Gasteiger charge is -2.17. The highest BCUT2D eigenvalue weighted by Crippen LogP contribution is 2.33. The van der Waals surface area contributed by atoms with Crippen molar-refractivity contribution in [2.75, 3.05) is 23.7 Å². The first-order chi connectivity index (χ1) is 9.81. The highest BCUT2D eigenvalue weighted by molar-refractivity contribution is 7.99. The summed E-state index contributed by atoms with van der Waals surface area (Å²) in [7, 11) is 0. The number of imidazole rings is 1. The Kier molecular flexibility index (Phi) is 2.97. The van der Waals surface area contributed by atoms with Crippen LogP contribution in [0.2, 0.25) is 0 Å². The molecule has 1 fully saturated rings. The van der Waals surface area contributed by atoms with Crippen LogP contribution in [0.4, 0.5) is 5.69 Å². The molecule has 1 aromatic heterocycles. The van der Waals surface area contributed by atoms with Gasteiger partial charge in [-0.25, -0.2) is 4.98 Å². The van der Waals surface area contributed by atoms with Crippen LogP contribution in [0.25, 0.3) is 11.3 Å². The molecule has 2 N–H and O–H groups in total. The van der Waals surface area contributed by atoms with E-state index in [0.29, 0.717) is 0 Å². The van der Waals surface area contributed by atoms with Gasteiger partial charge < -0.3 is 15.2 Å². The molecule has 0 radical (unpaired) electrons. The van der Waals surface area contributed by atoms with E-state index in [9.17, 15) is 0 Å². The quantitative estimate of drug-likeness (QED) is 0.922. The van der Waals surface area contributed by atoms with Crippen molar-refractivity contribution in [1.29, 1.82) is 0 Å². The molecule has 104 valence electrons. The van der Waals surface area contributed by atoms with E-state index in [1.807, 2.05) is 0 Å². The van der Waals surface area contributed by atoms with Crippen LogP contribution in [0.3, 0.4) is 0 Å². The molecule has 2 aromatic rings. The Bertz CT molecular complexity index is 613. The van der Waals surface area contributed by atoms with E-state index >= 15 is 0 Å². The third-order valence-corrected chi connectivity index (χ3v) is 5.14. The van der Waals surface area contributed by atoms with Gasteiger partial charge in [0, 0.05) is 36.3 Å². The zero-order valence-corrected chi connectivity index (χ0v) is 12.1. The molecule has 5 heteroatoms. The molecule has 1 aromatic carbocycles. The number of thioether (sulfide) groups is 1. The Balaban J connectivity index is 1.61. The third-order valence-electron chi connectivity index (χ3n) is 4.07. The Morgan fingerprint density at radius 2 is 1.90 bits per heavy atom. The van der Waals surface area contributed by atoms with Crippen molar-refractivity contribution in [1.82, 2.24) is 9.55 Å². The summed E-state index contributed by atoms with van der Waals surface area (Å²) in [5, 5.41) is 1.04. The average Bonchev–Trinajstić information content (AvgIpc) is 3.18. The van der Waals surface area contributed by atoms with E-state index in [4.69, 9.17) is 5.73 Å². The molecule has 1 atom stereocenters. The minimum Gasteiger partial charge on any atom is -0.372 e. The molecule has 3 heterocycles. The molecule has 1 saturated heterocycles. The molecule has 4 nitrogen and oxygen atoms in total. The molecule has 4 rings (SSSR count). The fourth-order valence-electron chi connectivity index (χ4n) is 2.92. The van der Waals surface area contributed by atoms with Gasteiger partial charge in [-0.3, -0.25) is 0 Å². The van der Waals surface area contributed by atoms with Crippen molar-refractivity contribution in [3.05, 3.63) is 30.5 Å². The van der Waals surface area contributed by atoms with Gasteiger partial charge in [0.2, 0.25) is 0 Å². The zero-order valence-electron chi connectivity index (χ0n) is 11.3. The van der Waals surface area contributed by atoms with E-state index in [-0.39, 0.29) is 6.17 Å². The minimum absolute atomic E-state index is 0.0696. The number of fused-ring (bicyclic) bond motifs is 1. The molecule has 20 heavy (non-hydrogen) atoms. The molecule has 0 aliphatic carbocycles. The number of hydrogen-bond donors (Lipinski definition) is 1. The minimum atomic E-state index is 0.0696. The maximum absolute atomic E-state index is 6.04. The fraction of sp³-hybridized carbons (Fsp3) is 0.400. The van der Waals surface area contributed by atoms with Crippen molar-refractivity contribution < 1.29 is 0 Å². The predicted molar refractivity (Wildman–Crippen MR) is 83.1 cm³/mol. The van der Waals surface area contributed by atoms with Crippen LogP contribution in [0, 0.1) is 0 Å². The fourth-order valence-corrected chi connectivity index (χ4v) is 3.90. The standard InChI is InChI=1S/C15H18N4S/c16-14-10-20-15-17-13(9-19(14)15)11-3-5-12(6-4-11)18-7-1-2-8-18/h3-6,9,14H,1-2,7-8,10,16H2. The highest BCUT2D eigenvalue weighted by atomic mass is 32.2. The lowest BCUT2D eigenvalue weighted by molar-refractivity contribution is 0.558. The van der Waals surface area contributed by atoms with Crippen LogP contribution < -0.4 is 10.6 Å². The lowest BCUT2D eigenvalue weighted by Crippen LogP contribution is -2.17. The normalized spacial score (nSPS) is 21.4. The average molecular weight is 286 g/mol. The number of nitrogens with two attached hydrogens (primary N) is 1. The first-order valence-corrected chi connectivity index (χ1v) is 8.12. The van der Waals surface area contributed by atoms with Crippen molar-refractivity contribution in [2.45, 2.75) is 24.2 Å². The van der Waals surface area contributed by atoms with Crippen molar-refractivity contribution in [2.24, 2.45) is 5.73 Å². The summed E-state index contributed by atoms with van der Waals surface area (Å²) >= 11 is 1.73. The van der Waals surface area contributed by atoms with E-state index in [1.165, 1.54) is 37.2 Å². The topological polar surface area (TPSA) is 47.1 Å². The van der Waals surface area contributed by atoms with Gasteiger partial charge in [-0.15, -0.1) is 0 Å². The first-order valence-electron chi connectivity index (χ1n) is 7.14. The maximum Gasteiger partial charge on any atom is 0.170 e. The molecule has 0 saturated carbocycles. The molecular weight excluding hydrogens is 268 g/mol. The van der Waals surface area contributed by atoms with Gasteiger partial charge in [0.15, 0.2) is 5.16 Å². The Morgan fingerprint density at radius 1 is 1.15 bits per heavy atom. The van der Waals surface area contributed by atoms with Gasteiger partial charge in [-0.1, -0.05) is 23.9 Å². The molecular formula is C15H18N4S. The van der Waals surface area contributed by atoms with E-state index in [1.54, 1.807) is 11.8 Å². The number of rotatable bonds is 2. The Labute approximate surface area is 123 Å². The third kappa shape index (κ3) is 2.01. The summed E-state index contributed by atoms with van der Waals surface area (Å²) in [5.41, 5.74) is 9.56. The Hall–Kier alpha value is -1.46. The predicted octanol–water partition coefficient (Wildman–Crippen LogP) is 2.71. The van der Waals surface area contributed by atoms with Crippen molar-refractivity contribution >= 4 is 17.4 Å². The van der Waals surface area contributed by atoms with Crippen molar-refractivity contribution in [3.63, 3.8) is 0 Å². The maximum atomic E-state index is 6.04. The van der Waals surface area contributed by atoms with Gasteiger partial charge >= 0.3 is 0 Å². The number of benzene rings is 1. The summed E-state index contributed by atoms with van der Waals surface area (Å²) < 4.78 is 2.08. The number of hydrogen-bond acceptors (Lipinski definition) is 4. The van der Waals surface area contributed by atoms with Crippen LogP contribution in [-0.2, 0) is 0 Å². The number of nitrogens with zero attached hydrogens (tertiary/aromatic N) is 3. The number of aromatic nitrogens is 2. The SMILES string of the molecule is NC1CSc2nc(-c3ccc(N4CCCC4)cc3)cn21. The van der Waals surface area contributed by atoms with E-state index < -0.39 is 0 Å². The highest BCUT2D eigenvalue weighted by Gasteiger charge is 2.22. The molecule has 2 aliphatic rings. The van der Waals surface area contributed by atoms with Crippen LogP contribution >= 0.6 is 11.8 Å². The summed E-state index contributed by atoms with van der Waals surface area (Å²) in [6.07, 6.45) is 4.76. The van der Waals surface area contributed by atoms with Gasteiger partial charge in [-0.2, -0.15) is 0 Å². The van der Waals surface area contributed by atoms with Gasteiger partial charge in [0.05, 0.1) is 11.9 Å². The molecule has 0 bridgehead atoms. The molecule has 0 amide bonds. The second-order valence-electron chi connectivity index (χ2n) is 5.44. The second kappa shape index (κ2) is 4.82. The smallest absolute Gasteiger partial charge is 0.170 e. The van der Waals surface area contributed by atoms with Crippen molar-refractivity contribution in [3.8, 4) is 11.3 Å². The summed E-state index contributed by atoms with van der Waals surface area (Å²) in [6, 6.07) is 8.75. The molecule has 1 unspecified atom stereocenters. The van der Waals surface area contributed by atoms with E-state index in [2.05, 4.69) is 44.9 Å². The zero-order chi connectivity index (χ0) is 13.5. The van der Waals surface area contributed by atoms with Gasteiger partial charge in [0.25, 0.3) is 0 Å². The first kappa shape index (κ1) is 12.3. The Morgan fingerprint density at radius 3 is 2.60 bits per heavy atom. The van der Waals surface area contributed by atoms with E-state index in [0.717, 1.165) is 16.6 Å². The summed E-state index contributed by atoms with van der Waals surface area (Å²) in [6.45, 7) is 2.37. The van der Waals surface area contributed by atoms with Crippen LogP contribution in [0.15, 0.2) is 35.6 Å². The van der Waals surface area contributed by atoms with Crippen LogP contribution in [-0.4, -0.2) is 28.4 Å². The molecule has 0 spiro atoms. The van der Waals surface area contributed by atoms with Crippen LogP contribution in [0.1, 0.15) is 19.0 Å². The second-order valence-corrected chi connectivity index (χ2v) is 6.42. The monoisotopic (exact) mass is 286 g/mol. The lowest BCUT2D eigenvalue weighted by atomic mass is 10.1.